The molecule has 2 rings (SSSR count). The van der Waals surface area contributed by atoms with Crippen LogP contribution in [0, 0.1) is 0 Å². The SMILES string of the molecule is CC(=O)c1ccc(NC(=O)CCSc2ncccc2Cl)cc1. The Bertz CT molecular complexity index is 674. The van der Waals surface area contributed by atoms with Gasteiger partial charge in [0.25, 0.3) is 0 Å². The molecule has 0 saturated heterocycles. The van der Waals surface area contributed by atoms with Crippen LogP contribution in [-0.4, -0.2) is 22.4 Å². The third-order valence-electron chi connectivity index (χ3n) is 2.87. The van der Waals surface area contributed by atoms with Crippen molar-refractivity contribution in [2.75, 3.05) is 11.1 Å². The second kappa shape index (κ2) is 7.96. The highest BCUT2D eigenvalue weighted by atomic mass is 35.5. The molecule has 1 aromatic carbocycles. The van der Waals surface area contributed by atoms with Gasteiger partial charge in [0.15, 0.2) is 5.78 Å². The van der Waals surface area contributed by atoms with E-state index in [-0.39, 0.29) is 11.7 Å². The third kappa shape index (κ3) is 4.86. The van der Waals surface area contributed by atoms with Gasteiger partial charge in [-0.25, -0.2) is 4.98 Å². The summed E-state index contributed by atoms with van der Waals surface area (Å²) in [7, 11) is 0. The minimum Gasteiger partial charge on any atom is -0.326 e. The van der Waals surface area contributed by atoms with Crippen molar-refractivity contribution in [2.45, 2.75) is 18.4 Å². The molecule has 0 radical (unpaired) electrons. The molecule has 0 spiro atoms. The first kappa shape index (κ1) is 16.5. The highest BCUT2D eigenvalue weighted by molar-refractivity contribution is 7.99. The molecule has 1 heterocycles. The molecule has 4 nitrogen and oxygen atoms in total. The number of pyridine rings is 1. The van der Waals surface area contributed by atoms with E-state index in [1.807, 2.05) is 0 Å². The lowest BCUT2D eigenvalue weighted by molar-refractivity contribution is -0.115. The number of thioether (sulfide) groups is 1. The molecular weight excluding hydrogens is 320 g/mol. The molecule has 1 amide bonds. The largest absolute Gasteiger partial charge is 0.326 e. The van der Waals surface area contributed by atoms with Gasteiger partial charge in [0.1, 0.15) is 5.03 Å². The number of ketones is 1. The Hall–Kier alpha value is -1.85. The summed E-state index contributed by atoms with van der Waals surface area (Å²) in [5, 5.41) is 4.11. The second-order valence-electron chi connectivity index (χ2n) is 4.57. The predicted octanol–water partition coefficient (Wildman–Crippen LogP) is 4.06. The Morgan fingerprint density at radius 2 is 1.95 bits per heavy atom. The number of Topliss-reactive ketones (excluding diaryl/α,β-unsaturated/α-hetero) is 1. The minimum atomic E-state index is -0.0878. The fraction of sp³-hybridized carbons (Fsp3) is 0.188. The van der Waals surface area contributed by atoms with E-state index < -0.39 is 0 Å². The van der Waals surface area contributed by atoms with Crippen LogP contribution in [0.25, 0.3) is 0 Å². The maximum Gasteiger partial charge on any atom is 0.225 e. The van der Waals surface area contributed by atoms with E-state index in [9.17, 15) is 9.59 Å². The van der Waals surface area contributed by atoms with Crippen LogP contribution in [-0.2, 0) is 4.79 Å². The molecule has 1 N–H and O–H groups in total. The van der Waals surface area contributed by atoms with Crippen LogP contribution in [0.4, 0.5) is 5.69 Å². The molecule has 114 valence electrons. The van der Waals surface area contributed by atoms with Crippen LogP contribution in [0.3, 0.4) is 0 Å². The fourth-order valence-electron chi connectivity index (χ4n) is 1.73. The standard InChI is InChI=1S/C16H15ClN2O2S/c1-11(20)12-4-6-13(7-5-12)19-15(21)8-10-22-16-14(17)3-2-9-18-16/h2-7,9H,8,10H2,1H3,(H,19,21). The smallest absolute Gasteiger partial charge is 0.225 e. The van der Waals surface area contributed by atoms with Crippen molar-refractivity contribution in [3.63, 3.8) is 0 Å². The maximum absolute atomic E-state index is 11.9. The quantitative estimate of drug-likeness (QED) is 0.639. The van der Waals surface area contributed by atoms with Crippen molar-refractivity contribution in [3.05, 3.63) is 53.2 Å². The molecule has 0 saturated carbocycles. The number of amides is 1. The van der Waals surface area contributed by atoms with E-state index in [1.165, 1.54) is 18.7 Å². The maximum atomic E-state index is 11.9. The van der Waals surface area contributed by atoms with Crippen LogP contribution < -0.4 is 5.32 Å². The lowest BCUT2D eigenvalue weighted by Gasteiger charge is -2.06. The number of carbonyl (C=O) groups is 2. The summed E-state index contributed by atoms with van der Waals surface area (Å²) < 4.78 is 0. The molecular formula is C16H15ClN2O2S. The Morgan fingerprint density at radius 1 is 1.23 bits per heavy atom. The van der Waals surface area contributed by atoms with Gasteiger partial charge in [-0.2, -0.15) is 0 Å². The van der Waals surface area contributed by atoms with Crippen LogP contribution in [0.5, 0.6) is 0 Å². The molecule has 0 aliphatic rings. The average molecular weight is 335 g/mol. The normalized spacial score (nSPS) is 10.3. The summed E-state index contributed by atoms with van der Waals surface area (Å²) in [5.41, 5.74) is 1.30. The van der Waals surface area contributed by atoms with Crippen LogP contribution in [0.15, 0.2) is 47.6 Å². The van der Waals surface area contributed by atoms with Crippen molar-refractivity contribution in [1.82, 2.24) is 4.98 Å². The van der Waals surface area contributed by atoms with Crippen molar-refractivity contribution in [3.8, 4) is 0 Å². The summed E-state index contributed by atoms with van der Waals surface area (Å²) in [6, 6.07) is 10.4. The van der Waals surface area contributed by atoms with Gasteiger partial charge in [-0.15, -0.1) is 11.8 Å². The molecule has 0 aliphatic heterocycles. The summed E-state index contributed by atoms with van der Waals surface area (Å²) >= 11 is 7.44. The predicted molar refractivity (Wildman–Crippen MR) is 89.7 cm³/mol. The van der Waals surface area contributed by atoms with E-state index >= 15 is 0 Å². The van der Waals surface area contributed by atoms with E-state index in [1.54, 1.807) is 42.6 Å². The Morgan fingerprint density at radius 3 is 2.59 bits per heavy atom. The lowest BCUT2D eigenvalue weighted by atomic mass is 10.1. The molecule has 2 aromatic rings. The number of benzene rings is 1. The number of nitrogens with zero attached hydrogens (tertiary/aromatic N) is 1. The van der Waals surface area contributed by atoms with Crippen LogP contribution >= 0.6 is 23.4 Å². The first-order valence-corrected chi connectivity index (χ1v) is 8.07. The van der Waals surface area contributed by atoms with E-state index in [0.29, 0.717) is 28.4 Å². The molecule has 0 fully saturated rings. The summed E-state index contributed by atoms with van der Waals surface area (Å²) in [6.45, 7) is 1.51. The number of nitrogens with one attached hydrogen (secondary N) is 1. The molecule has 1 aromatic heterocycles. The number of carbonyl (C=O) groups excluding carboxylic acids is 2. The zero-order valence-corrected chi connectivity index (χ0v) is 13.6. The summed E-state index contributed by atoms with van der Waals surface area (Å²) in [6.07, 6.45) is 2.02. The first-order valence-electron chi connectivity index (χ1n) is 6.70. The Balaban J connectivity index is 1.80. The number of aromatic nitrogens is 1. The topological polar surface area (TPSA) is 59.1 Å². The van der Waals surface area contributed by atoms with Crippen LogP contribution in [0.1, 0.15) is 23.7 Å². The van der Waals surface area contributed by atoms with Crippen molar-refractivity contribution >= 4 is 40.7 Å². The first-order chi connectivity index (χ1) is 10.6. The van der Waals surface area contributed by atoms with Gasteiger partial charge < -0.3 is 5.32 Å². The molecule has 0 aliphatic carbocycles. The molecule has 6 heteroatoms. The van der Waals surface area contributed by atoms with Crippen molar-refractivity contribution < 1.29 is 9.59 Å². The van der Waals surface area contributed by atoms with E-state index in [4.69, 9.17) is 11.6 Å². The van der Waals surface area contributed by atoms with Gasteiger partial charge >= 0.3 is 0 Å². The van der Waals surface area contributed by atoms with Crippen molar-refractivity contribution in [1.29, 1.82) is 0 Å². The number of hydrogen-bond acceptors (Lipinski definition) is 4. The average Bonchev–Trinajstić information content (AvgIpc) is 2.50. The summed E-state index contributed by atoms with van der Waals surface area (Å²) in [4.78, 5) is 27.2. The third-order valence-corrected chi connectivity index (χ3v) is 4.29. The zero-order valence-electron chi connectivity index (χ0n) is 12.0. The number of halogens is 1. The highest BCUT2D eigenvalue weighted by Gasteiger charge is 2.06. The Kier molecular flexibility index (Phi) is 5.98. The van der Waals surface area contributed by atoms with Crippen molar-refractivity contribution in [2.24, 2.45) is 0 Å². The number of hydrogen-bond donors (Lipinski definition) is 1. The molecule has 22 heavy (non-hydrogen) atoms. The molecule has 0 bridgehead atoms. The monoisotopic (exact) mass is 334 g/mol. The molecule has 0 atom stereocenters. The Labute approximate surface area is 138 Å². The van der Waals surface area contributed by atoms with Crippen LogP contribution in [0.2, 0.25) is 5.02 Å². The lowest BCUT2D eigenvalue weighted by Crippen LogP contribution is -2.12. The van der Waals surface area contributed by atoms with Gasteiger partial charge in [-0.1, -0.05) is 11.6 Å². The highest BCUT2D eigenvalue weighted by Crippen LogP contribution is 2.24. The van der Waals surface area contributed by atoms with E-state index in [2.05, 4.69) is 10.3 Å². The number of rotatable bonds is 6. The van der Waals surface area contributed by atoms with Gasteiger partial charge in [0, 0.05) is 29.6 Å². The van der Waals surface area contributed by atoms with Gasteiger partial charge in [-0.05, 0) is 43.3 Å². The fourth-order valence-corrected chi connectivity index (χ4v) is 2.84. The minimum absolute atomic E-state index is 0.00140. The van der Waals surface area contributed by atoms with E-state index in [0.717, 1.165) is 5.03 Å². The van der Waals surface area contributed by atoms with Gasteiger partial charge in [0.05, 0.1) is 5.02 Å². The zero-order chi connectivity index (χ0) is 15.9. The van der Waals surface area contributed by atoms with Gasteiger partial charge in [0.2, 0.25) is 5.91 Å². The number of anilines is 1. The molecule has 0 unspecified atom stereocenters. The summed E-state index contributed by atoms with van der Waals surface area (Å²) in [5.74, 6) is 0.505. The van der Waals surface area contributed by atoms with Gasteiger partial charge in [-0.3, -0.25) is 9.59 Å². The second-order valence-corrected chi connectivity index (χ2v) is 6.06.